The van der Waals surface area contributed by atoms with Crippen molar-refractivity contribution < 1.29 is 56.3 Å². The summed E-state index contributed by atoms with van der Waals surface area (Å²) in [6.07, 6.45) is 2.70. The van der Waals surface area contributed by atoms with E-state index >= 15 is 0 Å². The first-order valence-electron chi connectivity index (χ1n) is 28.2. The number of aliphatic hydroxyl groups excluding tert-OH is 1. The lowest BCUT2D eigenvalue weighted by atomic mass is 10.1. The molecule has 486 valence electrons. The lowest BCUT2D eigenvalue weighted by molar-refractivity contribution is -0.120. The van der Waals surface area contributed by atoms with Gasteiger partial charge in [0.25, 0.3) is 21.9 Å². The first-order valence-corrected chi connectivity index (χ1v) is 32.2. The highest BCUT2D eigenvalue weighted by atomic mass is 32.2. The van der Waals surface area contributed by atoms with E-state index in [1.54, 1.807) is 42.5 Å². The number of carbonyl (C=O) groups is 6. The summed E-state index contributed by atoms with van der Waals surface area (Å²) in [7, 11) is -2.36. The third-order valence-electron chi connectivity index (χ3n) is 13.4. The van der Waals surface area contributed by atoms with E-state index in [0.29, 0.717) is 83.1 Å². The molecule has 0 spiro atoms. The molecule has 0 radical (unpaired) electrons. The molecule has 9 N–H and O–H groups in total. The van der Waals surface area contributed by atoms with Crippen molar-refractivity contribution in [3.63, 3.8) is 0 Å². The number of primary amides is 1. The first kappa shape index (κ1) is 70.6. The van der Waals surface area contributed by atoms with E-state index in [-0.39, 0.29) is 84.7 Å². The number of nitrogens with one attached hydrogen (secondary N) is 5. The molecule has 0 atom stereocenters. The number of thiophene rings is 2. The zero-order valence-corrected chi connectivity index (χ0v) is 54.9. The van der Waals surface area contributed by atoms with Crippen molar-refractivity contribution in [2.75, 3.05) is 89.1 Å². The molecule has 0 saturated heterocycles. The van der Waals surface area contributed by atoms with Crippen LogP contribution in [0.25, 0.3) is 17.0 Å². The molecule has 33 heteroatoms. The van der Waals surface area contributed by atoms with Crippen molar-refractivity contribution >= 4 is 171 Å². The van der Waals surface area contributed by atoms with Gasteiger partial charge < -0.3 is 56.7 Å². The van der Waals surface area contributed by atoms with Crippen molar-refractivity contribution in [3.05, 3.63) is 122 Å². The Kier molecular flexibility index (Phi) is 24.4. The highest BCUT2D eigenvalue weighted by Crippen LogP contribution is 2.46. The molecular weight excluding hydrogens is 1290 g/mol. The van der Waals surface area contributed by atoms with Gasteiger partial charge in [-0.25, -0.2) is 4.85 Å². The van der Waals surface area contributed by atoms with Crippen LogP contribution in [0.5, 0.6) is 11.5 Å². The zero-order chi connectivity index (χ0) is 68.4. The third kappa shape index (κ3) is 17.6. The van der Waals surface area contributed by atoms with Gasteiger partial charge in [-0.05, 0) is 108 Å². The molecule has 4 aromatic carbocycles. The maximum Gasteiger partial charge on any atom is 0.297 e. The SMILES string of the molecule is [C-]#[N+]c1cc(/C=C(\C(C)=O)C(=O)Nc2cccc(NC=O)c2)sc1N=Nc1cc(OC)c(N(CC)CC)cc1Nc1nc(Nc2cc(N(CC)CC)c(OC)cc2N=Nc2sc(/C=C(/C(C)=O)C(=O)Nc3cccc(C(N)=O)c3)c(S(=O)(=O)O)c2C#N)nc(SCCO)n1. The zero-order valence-electron chi connectivity index (χ0n) is 51.6. The number of ketones is 2. The number of ether oxygens (including phenoxy) is 2. The molecule has 4 amide bonds. The lowest BCUT2D eigenvalue weighted by Crippen LogP contribution is -2.22. The Hall–Kier alpha value is -10.8. The van der Waals surface area contributed by atoms with Crippen molar-refractivity contribution in [2.45, 2.75) is 51.6 Å². The number of benzene rings is 4. The van der Waals surface area contributed by atoms with E-state index in [1.807, 2.05) is 37.5 Å². The highest BCUT2D eigenvalue weighted by molar-refractivity contribution is 7.99. The fourth-order valence-corrected chi connectivity index (χ4v) is 12.5. The number of thioether (sulfide) groups is 1. The van der Waals surface area contributed by atoms with Crippen molar-refractivity contribution in [1.82, 2.24) is 15.0 Å². The number of azo groups is 2. The molecule has 7 aromatic rings. The van der Waals surface area contributed by atoms with Crippen LogP contribution in [0.2, 0.25) is 0 Å². The molecule has 3 heterocycles. The van der Waals surface area contributed by atoms with Gasteiger partial charge >= 0.3 is 0 Å². The minimum Gasteiger partial charge on any atom is -0.494 e. The fourth-order valence-electron chi connectivity index (χ4n) is 8.92. The Balaban J connectivity index is 1.32. The normalized spacial score (nSPS) is 11.6. The number of aromatic nitrogens is 3. The first-order chi connectivity index (χ1) is 45.0. The van der Waals surface area contributed by atoms with Gasteiger partial charge in [0.1, 0.15) is 44.4 Å². The number of Topliss-reactive ketones (excluding diaryl/α,β-unsaturated/α-hetero) is 2. The summed E-state index contributed by atoms with van der Waals surface area (Å²) in [6.45, 7) is 19.9. The van der Waals surface area contributed by atoms with Gasteiger partial charge in [0, 0.05) is 71.6 Å². The molecule has 0 saturated carbocycles. The monoisotopic (exact) mass is 1350 g/mol. The number of nitrogens with two attached hydrogens (primary N) is 1. The van der Waals surface area contributed by atoms with Crippen LogP contribution < -0.4 is 51.6 Å². The van der Waals surface area contributed by atoms with E-state index < -0.39 is 60.3 Å². The predicted octanol–water partition coefficient (Wildman–Crippen LogP) is 11.7. The molecule has 0 unspecified atom stereocenters. The van der Waals surface area contributed by atoms with Gasteiger partial charge in [-0.15, -0.1) is 38.0 Å². The molecule has 0 fully saturated rings. The number of amides is 4. The number of nitrogens with zero attached hydrogens (tertiary/aromatic N) is 11. The second-order valence-corrected chi connectivity index (χ2v) is 23.9. The van der Waals surface area contributed by atoms with Gasteiger partial charge in [-0.3, -0.25) is 33.3 Å². The Morgan fingerprint density at radius 1 is 0.745 bits per heavy atom. The Bertz CT molecular complexity index is 4410. The number of methoxy groups -OCH3 is 2. The van der Waals surface area contributed by atoms with Crippen LogP contribution in [0.1, 0.15) is 67.2 Å². The quantitative estimate of drug-likeness (QED) is 0.00292. The van der Waals surface area contributed by atoms with Crippen LogP contribution in [-0.2, 0) is 34.1 Å². The second kappa shape index (κ2) is 32.5. The smallest absolute Gasteiger partial charge is 0.297 e. The van der Waals surface area contributed by atoms with Crippen molar-refractivity contribution in [1.29, 1.82) is 5.26 Å². The van der Waals surface area contributed by atoms with E-state index in [4.69, 9.17) is 26.8 Å². The van der Waals surface area contributed by atoms with E-state index in [0.717, 1.165) is 36.1 Å². The summed E-state index contributed by atoms with van der Waals surface area (Å²) in [5.41, 5.74) is 6.56. The fraction of sp³-hybridized carbons (Fsp3) is 0.230. The molecule has 0 aliphatic carbocycles. The third-order valence-corrected chi connectivity index (χ3v) is 17.2. The molecule has 3 aromatic heterocycles. The number of hydrogen-bond donors (Lipinski definition) is 8. The van der Waals surface area contributed by atoms with Gasteiger partial charge in [-0.2, -0.15) is 33.7 Å². The van der Waals surface area contributed by atoms with Gasteiger partial charge in [-0.1, -0.05) is 23.9 Å². The predicted molar refractivity (Wildman–Crippen MR) is 361 cm³/mol. The van der Waals surface area contributed by atoms with Crippen LogP contribution >= 0.6 is 34.4 Å². The number of aliphatic hydroxyl groups is 1. The standard InChI is InChI=1S/C61H61N17O12S4/c1-10-77(11-2)48-27-43(45(29-50(48)89-8)73-75-57-42(31-62)53(94(86,87)88)52(93-57)26-41(34(6)82)56(85)66-37-18-14-16-35(22-37)54(63)83)68-59-70-60(72-61(71-59)91-21-20-79)69-44-28-49(78(12-3)13-4)51(90-9)30-46(44)74-76-58-47(64-7)25-39(92-58)24-40(33(5)81)55(84)67-38-19-15-17-36(23-38)65-32-80/h14-19,22-30,32,79H,10-13,20-21H2,1-6,8-9H3,(H2,63,83)(H,65,80)(H,66,85)(H,67,84)(H,86,87,88)(H2,68,69,70,71,72)/b40-24+,41-26-,75-73?,76-74?. The summed E-state index contributed by atoms with van der Waals surface area (Å²) in [4.78, 5) is 96.5. The Labute approximate surface area is 551 Å². The number of nitriles is 1. The topological polar surface area (TPSA) is 404 Å². The molecule has 94 heavy (non-hydrogen) atoms. The number of hydrogen-bond acceptors (Lipinski definition) is 26. The van der Waals surface area contributed by atoms with Crippen LogP contribution in [0.15, 0.2) is 121 Å². The lowest BCUT2D eigenvalue weighted by Gasteiger charge is -2.25. The number of rotatable bonds is 31. The minimum atomic E-state index is -5.28. The summed E-state index contributed by atoms with van der Waals surface area (Å²) in [5.74, 6) is -3.30. The summed E-state index contributed by atoms with van der Waals surface area (Å²) in [6, 6.07) is 21.5. The van der Waals surface area contributed by atoms with Crippen LogP contribution in [0.3, 0.4) is 0 Å². The molecule has 0 aliphatic rings. The summed E-state index contributed by atoms with van der Waals surface area (Å²) < 4.78 is 48.4. The van der Waals surface area contributed by atoms with Gasteiger partial charge in [0.15, 0.2) is 21.7 Å². The van der Waals surface area contributed by atoms with E-state index in [2.05, 4.69) is 61.9 Å². The average Bonchev–Trinajstić information content (AvgIpc) is 1.60. The highest BCUT2D eigenvalue weighted by Gasteiger charge is 2.30. The van der Waals surface area contributed by atoms with Crippen molar-refractivity contribution in [3.8, 4) is 17.6 Å². The van der Waals surface area contributed by atoms with Gasteiger partial charge in [0.05, 0.1) is 66.2 Å². The number of anilines is 9. The molecule has 0 aliphatic heterocycles. The number of carbonyl (C=O) groups excluding carboxylic acids is 6. The van der Waals surface area contributed by atoms with Crippen molar-refractivity contribution in [2.24, 2.45) is 26.2 Å². The minimum absolute atomic E-state index is 0.000916. The van der Waals surface area contributed by atoms with E-state index in [1.165, 1.54) is 69.7 Å². The Morgan fingerprint density at radius 3 is 1.74 bits per heavy atom. The van der Waals surface area contributed by atoms with Crippen LogP contribution in [0, 0.1) is 17.9 Å². The summed E-state index contributed by atoms with van der Waals surface area (Å²) >= 11 is 2.57. The average molecular weight is 1350 g/mol. The van der Waals surface area contributed by atoms with Crippen LogP contribution in [-0.4, -0.2) is 121 Å². The van der Waals surface area contributed by atoms with Gasteiger partial charge in [0.2, 0.25) is 29.9 Å². The Morgan fingerprint density at radius 2 is 1.27 bits per heavy atom. The van der Waals surface area contributed by atoms with E-state index in [9.17, 15) is 52.1 Å². The molecule has 0 bridgehead atoms. The summed E-state index contributed by atoms with van der Waals surface area (Å²) in [5, 5.41) is 52.2. The molecular formula is C61H61N17O12S4. The largest absolute Gasteiger partial charge is 0.494 e. The second-order valence-electron chi connectivity index (χ2n) is 19.4. The maximum absolute atomic E-state index is 13.6. The maximum atomic E-state index is 13.6. The molecule has 29 nitrogen and oxygen atoms in total. The molecule has 7 rings (SSSR count). The van der Waals surface area contributed by atoms with Crippen LogP contribution in [0.4, 0.5) is 78.8 Å².